The quantitative estimate of drug-likeness (QED) is 0.292. The molecule has 0 amide bonds. The lowest BCUT2D eigenvalue weighted by Crippen LogP contribution is -2.50. The van der Waals surface area contributed by atoms with E-state index < -0.39 is 0 Å². The molecule has 0 radical (unpaired) electrons. The van der Waals surface area contributed by atoms with Crippen molar-refractivity contribution in [3.05, 3.63) is 80.4 Å². The van der Waals surface area contributed by atoms with Crippen molar-refractivity contribution in [2.24, 2.45) is 22.4 Å². The fourth-order valence-corrected chi connectivity index (χ4v) is 8.29. The number of non-ortho nitro benzene ring substituents is 1. The van der Waals surface area contributed by atoms with E-state index in [1.165, 1.54) is 35.3 Å². The maximum Gasteiger partial charge on any atom is 0.269 e. The summed E-state index contributed by atoms with van der Waals surface area (Å²) in [5.74, 6) is 2.01. The predicted octanol–water partition coefficient (Wildman–Crippen LogP) is 6.61. The molecule has 2 aromatic carbocycles. The van der Waals surface area contributed by atoms with E-state index in [2.05, 4.69) is 61.7 Å². The summed E-state index contributed by atoms with van der Waals surface area (Å²) < 4.78 is 0. The Labute approximate surface area is 237 Å². The number of aliphatic hydroxyl groups excluding tert-OH is 1. The lowest BCUT2D eigenvalue weighted by atomic mass is 9.56. The molecule has 2 fully saturated rings. The van der Waals surface area contributed by atoms with Gasteiger partial charge in [0.2, 0.25) is 0 Å². The monoisotopic (exact) mass is 542 g/mol. The minimum absolute atomic E-state index is 0.0813. The molecular formula is C33H42N4O3. The van der Waals surface area contributed by atoms with Crippen LogP contribution in [0.25, 0.3) is 0 Å². The van der Waals surface area contributed by atoms with E-state index in [-0.39, 0.29) is 34.1 Å². The molecule has 4 aliphatic rings. The fraction of sp³-hybridized carbons (Fsp3) is 0.545. The number of allylic oxidation sites excluding steroid dienone is 2. The van der Waals surface area contributed by atoms with Gasteiger partial charge in [-0.25, -0.2) is 0 Å². The number of aliphatic hydroxyl groups is 1. The molecule has 0 bridgehead atoms. The molecule has 0 spiro atoms. The summed E-state index contributed by atoms with van der Waals surface area (Å²) in [4.78, 5) is 10.5. The van der Waals surface area contributed by atoms with Gasteiger partial charge in [0, 0.05) is 18.2 Å². The van der Waals surface area contributed by atoms with Gasteiger partial charge in [0.1, 0.15) is 0 Å². The Kier molecular flexibility index (Phi) is 7.07. The summed E-state index contributed by atoms with van der Waals surface area (Å²) in [5.41, 5.74) is 12.6. The van der Waals surface area contributed by atoms with Crippen LogP contribution in [0.15, 0.2) is 53.1 Å². The van der Waals surface area contributed by atoms with Crippen LogP contribution in [-0.4, -0.2) is 34.4 Å². The van der Waals surface area contributed by atoms with Crippen molar-refractivity contribution < 1.29 is 10.0 Å². The first-order valence-electron chi connectivity index (χ1n) is 15.0. The minimum Gasteiger partial charge on any atom is -0.391 e. The standard InChI is InChI=1S/C33H42N4O3/c1-19-15-31(38)32(34-18-19)21(3)26-11-12-27-28-10-5-22-16-24(36-35-23-6-8-25(9-7-23)37(39)40)13-14-33(22,4)30(28)17-29(27)20(26)2/h6-9,11-12,16,19,21,28,30-32,34-35,38H,5,10,13-15,17-18H2,1-4H3/b36-24+/t19-,21-,28-,30-,31+,32-,33-/m0/s1. The zero-order valence-corrected chi connectivity index (χ0v) is 24.1. The van der Waals surface area contributed by atoms with Crippen LogP contribution in [-0.2, 0) is 6.42 Å². The van der Waals surface area contributed by atoms with Crippen LogP contribution in [0.2, 0.25) is 0 Å². The van der Waals surface area contributed by atoms with Crippen LogP contribution in [0.3, 0.4) is 0 Å². The number of nitrogens with zero attached hydrogens (tertiary/aromatic N) is 2. The third kappa shape index (κ3) is 4.67. The van der Waals surface area contributed by atoms with Crippen molar-refractivity contribution in [1.82, 2.24) is 5.32 Å². The average Bonchev–Trinajstić information content (AvgIpc) is 3.33. The van der Waals surface area contributed by atoms with Gasteiger partial charge in [-0.15, -0.1) is 0 Å². The Balaban J connectivity index is 1.20. The SMILES string of the molecule is Cc1c([C@H](C)[C@@H]2NC[C@@H](C)C[C@H]2O)ccc2c1C[C@H]1[C@H]2CCC2=C/C(=N/Nc3ccc([N+](=O)[O-])cc3)CC[C@@]21C. The van der Waals surface area contributed by atoms with Gasteiger partial charge in [-0.1, -0.05) is 38.5 Å². The molecule has 1 saturated carbocycles. The van der Waals surface area contributed by atoms with Crippen molar-refractivity contribution >= 4 is 17.1 Å². The molecule has 7 atom stereocenters. The highest BCUT2D eigenvalue weighted by atomic mass is 16.6. The molecule has 3 aliphatic carbocycles. The summed E-state index contributed by atoms with van der Waals surface area (Å²) in [6.07, 6.45) is 8.31. The third-order valence-corrected chi connectivity index (χ3v) is 10.7. The van der Waals surface area contributed by atoms with Gasteiger partial charge in [-0.2, -0.15) is 5.10 Å². The number of nitro groups is 1. The van der Waals surface area contributed by atoms with E-state index in [0.717, 1.165) is 50.0 Å². The first kappa shape index (κ1) is 27.2. The Morgan fingerprint density at radius 2 is 1.98 bits per heavy atom. The number of hydrogen-bond acceptors (Lipinski definition) is 6. The van der Waals surface area contributed by atoms with Crippen molar-refractivity contribution in [2.45, 2.75) is 90.2 Å². The normalized spacial score (nSPS) is 33.0. The van der Waals surface area contributed by atoms with E-state index in [4.69, 9.17) is 0 Å². The molecule has 0 aromatic heterocycles. The second-order valence-electron chi connectivity index (χ2n) is 13.0. The first-order chi connectivity index (χ1) is 19.2. The maximum absolute atomic E-state index is 10.9. The molecule has 1 heterocycles. The second-order valence-corrected chi connectivity index (χ2v) is 13.0. The highest BCUT2D eigenvalue weighted by molar-refractivity contribution is 5.97. The van der Waals surface area contributed by atoms with Crippen LogP contribution in [0.4, 0.5) is 11.4 Å². The summed E-state index contributed by atoms with van der Waals surface area (Å²) >= 11 is 0. The van der Waals surface area contributed by atoms with E-state index in [0.29, 0.717) is 17.8 Å². The third-order valence-electron chi connectivity index (χ3n) is 10.7. The molecule has 7 heteroatoms. The average molecular weight is 543 g/mol. The van der Waals surface area contributed by atoms with Gasteiger partial charge in [0.25, 0.3) is 5.69 Å². The number of nitrogens with one attached hydrogen (secondary N) is 2. The summed E-state index contributed by atoms with van der Waals surface area (Å²) in [6.45, 7) is 10.3. The molecule has 212 valence electrons. The molecule has 3 N–H and O–H groups in total. The Hall–Kier alpha value is -3.03. The van der Waals surface area contributed by atoms with E-state index in [1.54, 1.807) is 23.3 Å². The van der Waals surface area contributed by atoms with Crippen LogP contribution < -0.4 is 10.7 Å². The van der Waals surface area contributed by atoms with E-state index in [9.17, 15) is 15.2 Å². The zero-order chi connectivity index (χ0) is 28.2. The highest BCUT2D eigenvalue weighted by Gasteiger charge is 2.50. The first-order valence-corrected chi connectivity index (χ1v) is 15.0. The lowest BCUT2D eigenvalue weighted by Gasteiger charge is -2.47. The van der Waals surface area contributed by atoms with Crippen molar-refractivity contribution in [1.29, 1.82) is 0 Å². The van der Waals surface area contributed by atoms with Crippen LogP contribution >= 0.6 is 0 Å². The smallest absolute Gasteiger partial charge is 0.269 e. The zero-order valence-electron chi connectivity index (χ0n) is 24.1. The Bertz CT molecular complexity index is 1370. The number of rotatable bonds is 5. The summed E-state index contributed by atoms with van der Waals surface area (Å²) in [7, 11) is 0. The molecule has 2 aromatic rings. The molecule has 40 heavy (non-hydrogen) atoms. The number of anilines is 1. The molecular weight excluding hydrogens is 500 g/mol. The molecule has 1 saturated heterocycles. The number of benzene rings is 2. The van der Waals surface area contributed by atoms with Crippen LogP contribution in [0, 0.1) is 34.3 Å². The highest BCUT2D eigenvalue weighted by Crippen LogP contribution is 2.60. The van der Waals surface area contributed by atoms with Gasteiger partial charge in [-0.05, 0) is 122 Å². The number of hydrazone groups is 1. The number of nitro benzene ring substituents is 1. The lowest BCUT2D eigenvalue weighted by molar-refractivity contribution is -0.384. The topological polar surface area (TPSA) is 99.8 Å². The fourth-order valence-electron chi connectivity index (χ4n) is 8.29. The van der Waals surface area contributed by atoms with Gasteiger partial charge >= 0.3 is 0 Å². The van der Waals surface area contributed by atoms with Crippen LogP contribution in [0.5, 0.6) is 0 Å². The van der Waals surface area contributed by atoms with E-state index >= 15 is 0 Å². The predicted molar refractivity (Wildman–Crippen MR) is 160 cm³/mol. The van der Waals surface area contributed by atoms with Crippen molar-refractivity contribution in [3.63, 3.8) is 0 Å². The molecule has 0 unspecified atom stereocenters. The molecule has 6 rings (SSSR count). The Morgan fingerprint density at radius 1 is 1.20 bits per heavy atom. The van der Waals surface area contributed by atoms with Crippen molar-refractivity contribution in [3.8, 4) is 0 Å². The Morgan fingerprint density at radius 3 is 2.70 bits per heavy atom. The van der Waals surface area contributed by atoms with Gasteiger partial charge in [0.05, 0.1) is 22.4 Å². The van der Waals surface area contributed by atoms with Crippen molar-refractivity contribution in [2.75, 3.05) is 12.0 Å². The van der Waals surface area contributed by atoms with Gasteiger partial charge < -0.3 is 10.4 Å². The van der Waals surface area contributed by atoms with E-state index in [1.807, 2.05) is 0 Å². The largest absolute Gasteiger partial charge is 0.391 e. The summed E-state index contributed by atoms with van der Waals surface area (Å²) in [6, 6.07) is 11.3. The minimum atomic E-state index is -0.388. The summed E-state index contributed by atoms with van der Waals surface area (Å²) in [5, 5.41) is 30.1. The maximum atomic E-state index is 10.9. The number of fused-ring (bicyclic) bond motifs is 5. The number of hydrogen-bond donors (Lipinski definition) is 3. The second kappa shape index (κ2) is 10.4. The van der Waals surface area contributed by atoms with Crippen LogP contribution in [0.1, 0.15) is 87.0 Å². The van der Waals surface area contributed by atoms with Gasteiger partial charge in [0.15, 0.2) is 0 Å². The number of piperidine rings is 1. The molecule has 1 aliphatic heterocycles. The molecule has 7 nitrogen and oxygen atoms in total. The van der Waals surface area contributed by atoms with Gasteiger partial charge in [-0.3, -0.25) is 15.5 Å².